The molecule has 2 nitrogen and oxygen atoms in total. The van der Waals surface area contributed by atoms with Crippen LogP contribution in [-0.4, -0.2) is 37.1 Å². The van der Waals surface area contributed by atoms with Gasteiger partial charge in [0.15, 0.2) is 0 Å². The third kappa shape index (κ3) is 7.38. The zero-order valence-electron chi connectivity index (χ0n) is 13.0. The van der Waals surface area contributed by atoms with E-state index in [4.69, 9.17) is 0 Å². The molecular formula is C16H34N2. The molecule has 0 spiro atoms. The van der Waals surface area contributed by atoms with Crippen molar-refractivity contribution in [1.29, 1.82) is 0 Å². The molecule has 1 rings (SSSR count). The Kier molecular flexibility index (Phi) is 7.92. The molecular weight excluding hydrogens is 220 g/mol. The monoisotopic (exact) mass is 254 g/mol. The van der Waals surface area contributed by atoms with Gasteiger partial charge in [-0.05, 0) is 70.1 Å². The van der Waals surface area contributed by atoms with Crippen LogP contribution in [0, 0.1) is 11.8 Å². The van der Waals surface area contributed by atoms with Gasteiger partial charge in [-0.3, -0.25) is 0 Å². The van der Waals surface area contributed by atoms with Crippen LogP contribution in [0.2, 0.25) is 0 Å². The summed E-state index contributed by atoms with van der Waals surface area (Å²) in [4.78, 5) is 2.69. The van der Waals surface area contributed by atoms with Crippen LogP contribution in [0.25, 0.3) is 0 Å². The summed E-state index contributed by atoms with van der Waals surface area (Å²) >= 11 is 0. The third-order valence-corrected chi connectivity index (χ3v) is 4.00. The first kappa shape index (κ1) is 16.0. The van der Waals surface area contributed by atoms with Crippen LogP contribution in [0.3, 0.4) is 0 Å². The minimum atomic E-state index is 0.797. The van der Waals surface area contributed by atoms with E-state index in [2.05, 4.69) is 37.9 Å². The second-order valence-electron chi connectivity index (χ2n) is 6.79. The molecule has 0 aromatic heterocycles. The van der Waals surface area contributed by atoms with Crippen molar-refractivity contribution in [2.75, 3.05) is 26.2 Å². The second-order valence-corrected chi connectivity index (χ2v) is 6.79. The standard InChI is InChI=1S/C16H34N2/c1-14(2)7-11-18(12-8-15(3)4)13-9-16-6-5-10-17-16/h14-17H,5-13H2,1-4H3. The fraction of sp³-hybridized carbons (Fsp3) is 1.00. The largest absolute Gasteiger partial charge is 0.314 e. The average Bonchev–Trinajstić information content (AvgIpc) is 2.80. The number of rotatable bonds is 9. The van der Waals surface area contributed by atoms with Gasteiger partial charge in [-0.15, -0.1) is 0 Å². The van der Waals surface area contributed by atoms with Gasteiger partial charge in [0, 0.05) is 6.04 Å². The lowest BCUT2D eigenvalue weighted by Gasteiger charge is -2.25. The molecule has 1 heterocycles. The third-order valence-electron chi connectivity index (χ3n) is 4.00. The van der Waals surface area contributed by atoms with Crippen LogP contribution in [0.4, 0.5) is 0 Å². The Morgan fingerprint density at radius 3 is 2.06 bits per heavy atom. The summed E-state index contributed by atoms with van der Waals surface area (Å²) < 4.78 is 0. The van der Waals surface area contributed by atoms with E-state index in [-0.39, 0.29) is 0 Å². The van der Waals surface area contributed by atoms with Crippen molar-refractivity contribution in [3.8, 4) is 0 Å². The van der Waals surface area contributed by atoms with Gasteiger partial charge in [0.1, 0.15) is 0 Å². The minimum absolute atomic E-state index is 0.797. The van der Waals surface area contributed by atoms with E-state index in [1.807, 2.05) is 0 Å². The lowest BCUT2D eigenvalue weighted by Crippen LogP contribution is -2.33. The van der Waals surface area contributed by atoms with Gasteiger partial charge in [0.2, 0.25) is 0 Å². The summed E-state index contributed by atoms with van der Waals surface area (Å²) in [5.41, 5.74) is 0. The molecule has 1 N–H and O–H groups in total. The Bertz CT molecular complexity index is 183. The first-order valence-electron chi connectivity index (χ1n) is 8.03. The Morgan fingerprint density at radius 2 is 1.61 bits per heavy atom. The zero-order valence-corrected chi connectivity index (χ0v) is 13.0. The minimum Gasteiger partial charge on any atom is -0.314 e. The zero-order chi connectivity index (χ0) is 13.4. The maximum Gasteiger partial charge on any atom is 0.00797 e. The Morgan fingerprint density at radius 1 is 1.00 bits per heavy atom. The van der Waals surface area contributed by atoms with Crippen LogP contribution in [0.5, 0.6) is 0 Å². The lowest BCUT2D eigenvalue weighted by molar-refractivity contribution is 0.233. The van der Waals surface area contributed by atoms with Crippen LogP contribution < -0.4 is 5.32 Å². The van der Waals surface area contributed by atoms with Gasteiger partial charge < -0.3 is 10.2 Å². The van der Waals surface area contributed by atoms with Crippen LogP contribution in [0.15, 0.2) is 0 Å². The number of hydrogen-bond acceptors (Lipinski definition) is 2. The smallest absolute Gasteiger partial charge is 0.00797 e. The Labute approximate surface area is 115 Å². The number of nitrogens with zero attached hydrogens (tertiary/aromatic N) is 1. The van der Waals surface area contributed by atoms with E-state index in [9.17, 15) is 0 Å². The molecule has 0 aromatic carbocycles. The highest BCUT2D eigenvalue weighted by atomic mass is 15.1. The normalized spacial score (nSPS) is 20.5. The molecule has 1 atom stereocenters. The van der Waals surface area contributed by atoms with E-state index in [0.29, 0.717) is 0 Å². The first-order chi connectivity index (χ1) is 8.58. The van der Waals surface area contributed by atoms with Gasteiger partial charge in [0.25, 0.3) is 0 Å². The van der Waals surface area contributed by atoms with Gasteiger partial charge >= 0.3 is 0 Å². The fourth-order valence-corrected chi connectivity index (χ4v) is 2.56. The Hall–Kier alpha value is -0.0800. The van der Waals surface area contributed by atoms with E-state index in [1.54, 1.807) is 0 Å². The highest BCUT2D eigenvalue weighted by Crippen LogP contribution is 2.12. The highest BCUT2D eigenvalue weighted by molar-refractivity contribution is 4.75. The van der Waals surface area contributed by atoms with Crippen molar-refractivity contribution in [2.45, 2.75) is 65.8 Å². The maximum atomic E-state index is 3.62. The molecule has 0 amide bonds. The molecule has 1 aliphatic rings. The first-order valence-corrected chi connectivity index (χ1v) is 8.03. The summed E-state index contributed by atoms with van der Waals surface area (Å²) in [5, 5.41) is 3.62. The van der Waals surface area contributed by atoms with Gasteiger partial charge in [-0.2, -0.15) is 0 Å². The van der Waals surface area contributed by atoms with Gasteiger partial charge in [-0.25, -0.2) is 0 Å². The quantitative estimate of drug-likeness (QED) is 0.677. The van der Waals surface area contributed by atoms with Crippen molar-refractivity contribution in [1.82, 2.24) is 10.2 Å². The predicted molar refractivity (Wildman–Crippen MR) is 81.0 cm³/mol. The molecule has 0 aliphatic carbocycles. The number of hydrogen-bond donors (Lipinski definition) is 1. The fourth-order valence-electron chi connectivity index (χ4n) is 2.56. The van der Waals surface area contributed by atoms with E-state index >= 15 is 0 Å². The summed E-state index contributed by atoms with van der Waals surface area (Å²) in [6, 6.07) is 0.797. The van der Waals surface area contributed by atoms with Crippen LogP contribution >= 0.6 is 0 Å². The molecule has 1 saturated heterocycles. The van der Waals surface area contributed by atoms with Crippen LogP contribution in [-0.2, 0) is 0 Å². The van der Waals surface area contributed by atoms with Crippen molar-refractivity contribution < 1.29 is 0 Å². The van der Waals surface area contributed by atoms with Crippen LogP contribution in [0.1, 0.15) is 59.8 Å². The molecule has 0 aromatic rings. The molecule has 1 aliphatic heterocycles. The van der Waals surface area contributed by atoms with Crippen molar-refractivity contribution in [3.05, 3.63) is 0 Å². The summed E-state index contributed by atoms with van der Waals surface area (Å²) in [6.07, 6.45) is 6.80. The van der Waals surface area contributed by atoms with Gasteiger partial charge in [0.05, 0.1) is 0 Å². The summed E-state index contributed by atoms with van der Waals surface area (Å²) in [5.74, 6) is 1.66. The molecule has 108 valence electrons. The average molecular weight is 254 g/mol. The highest BCUT2D eigenvalue weighted by Gasteiger charge is 2.15. The number of nitrogens with one attached hydrogen (secondary N) is 1. The second kappa shape index (κ2) is 8.92. The molecule has 0 bridgehead atoms. The lowest BCUT2D eigenvalue weighted by atomic mass is 10.1. The van der Waals surface area contributed by atoms with Crippen molar-refractivity contribution >= 4 is 0 Å². The van der Waals surface area contributed by atoms with E-state index < -0.39 is 0 Å². The van der Waals surface area contributed by atoms with E-state index in [0.717, 1.165) is 17.9 Å². The Balaban J connectivity index is 2.23. The van der Waals surface area contributed by atoms with Gasteiger partial charge in [-0.1, -0.05) is 27.7 Å². The summed E-state index contributed by atoms with van der Waals surface area (Å²) in [6.45, 7) is 14.4. The molecule has 0 radical (unpaired) electrons. The SMILES string of the molecule is CC(C)CCN(CCC(C)C)CCC1CCCN1. The molecule has 18 heavy (non-hydrogen) atoms. The summed E-state index contributed by atoms with van der Waals surface area (Å²) in [7, 11) is 0. The van der Waals surface area contributed by atoms with Crippen molar-refractivity contribution in [3.63, 3.8) is 0 Å². The predicted octanol–water partition coefficient (Wildman–Crippen LogP) is 3.52. The topological polar surface area (TPSA) is 15.3 Å². The molecule has 1 unspecified atom stereocenters. The van der Waals surface area contributed by atoms with Crippen molar-refractivity contribution in [2.24, 2.45) is 11.8 Å². The molecule has 1 fully saturated rings. The van der Waals surface area contributed by atoms with E-state index in [1.165, 1.54) is 58.3 Å². The molecule has 0 saturated carbocycles. The molecule has 2 heteroatoms. The maximum absolute atomic E-state index is 3.62.